The highest BCUT2D eigenvalue weighted by Crippen LogP contribution is 2.57. The van der Waals surface area contributed by atoms with Crippen LogP contribution in [-0.2, 0) is 35.1 Å². The number of amides is 1. The van der Waals surface area contributed by atoms with Crippen LogP contribution in [0.25, 0.3) is 10.8 Å². The lowest BCUT2D eigenvalue weighted by Crippen LogP contribution is -2.46. The van der Waals surface area contributed by atoms with E-state index in [1.165, 1.54) is 68.5 Å². The number of aliphatic hydroxyl groups excluding tert-OH is 1. The monoisotopic (exact) mass is 911 g/mol. The van der Waals surface area contributed by atoms with Gasteiger partial charge >= 0.3 is 11.8 Å². The number of piperazine rings is 1. The van der Waals surface area contributed by atoms with Crippen LogP contribution in [0.5, 0.6) is 23.0 Å². The van der Waals surface area contributed by atoms with E-state index in [-0.39, 0.29) is 50.4 Å². The summed E-state index contributed by atoms with van der Waals surface area (Å²) in [7, 11) is 1.43. The largest absolute Gasteiger partial charge is 0.507 e. The minimum Gasteiger partial charge on any atom is -0.507 e. The Morgan fingerprint density at radius 2 is 1.53 bits per heavy atom. The number of anilines is 2. The Bertz CT molecular complexity index is 2500. The Morgan fingerprint density at radius 3 is 2.14 bits per heavy atom. The Hall–Kier alpha value is -5.90. The Labute approximate surface area is 386 Å². The standard InChI is InChI=1S/C51H65N3O12/c1-25-22-28(4)35(29(5)23-25)24-53-17-19-54(20-18-53)41-40-45(59)38-37(46(41)60)39-48(33(9)44(38)58)66-51(11,49(39)61)64-21-16-36(63-12)30(6)47(65-34(10)55)32(8)43(57)31(7)42(56)26(2)14-13-15-27(3)50(62)52-40/h13-16,21-23,26,30-32,36,42,47,56,58-60H,17-20,24H2,1-12H3,(H,52,62)/b14-13+,21-16+,27-15-. The van der Waals surface area contributed by atoms with Crippen molar-refractivity contribution in [2.45, 2.75) is 107 Å². The first-order valence-corrected chi connectivity index (χ1v) is 22.5. The van der Waals surface area contributed by atoms with E-state index in [0.29, 0.717) is 32.7 Å². The van der Waals surface area contributed by atoms with Gasteiger partial charge in [-0.05, 0) is 57.4 Å². The molecule has 0 aliphatic carbocycles. The van der Waals surface area contributed by atoms with E-state index in [4.69, 9.17) is 18.9 Å². The first kappa shape index (κ1) is 49.5. The van der Waals surface area contributed by atoms with Crippen LogP contribution >= 0.6 is 0 Å². The Morgan fingerprint density at radius 1 is 0.894 bits per heavy atom. The number of carbonyl (C=O) groups excluding carboxylic acids is 4. The first-order chi connectivity index (χ1) is 31.0. The zero-order valence-corrected chi connectivity index (χ0v) is 40.1. The molecule has 356 valence electrons. The van der Waals surface area contributed by atoms with Gasteiger partial charge in [-0.2, -0.15) is 0 Å². The van der Waals surface area contributed by atoms with Gasteiger partial charge in [0.2, 0.25) is 0 Å². The number of aliphatic hydroxyl groups is 1. The number of nitrogens with one attached hydrogen (secondary N) is 1. The molecule has 5 N–H and O–H groups in total. The molecule has 8 unspecified atom stereocenters. The number of carbonyl (C=O) groups is 4. The third kappa shape index (κ3) is 9.38. The number of fused-ring (bicyclic) bond motifs is 14. The third-order valence-electron chi connectivity index (χ3n) is 13.6. The van der Waals surface area contributed by atoms with Gasteiger partial charge < -0.3 is 49.6 Å². The van der Waals surface area contributed by atoms with Crippen molar-refractivity contribution in [3.63, 3.8) is 0 Å². The highest BCUT2D eigenvalue weighted by Gasteiger charge is 2.50. The van der Waals surface area contributed by atoms with Crippen LogP contribution in [-0.4, -0.2) is 106 Å². The molecule has 15 nitrogen and oxygen atoms in total. The average molecular weight is 912 g/mol. The van der Waals surface area contributed by atoms with Crippen LogP contribution < -0.4 is 15.0 Å². The highest BCUT2D eigenvalue weighted by molar-refractivity contribution is 6.23. The molecule has 4 aliphatic heterocycles. The second-order valence-corrected chi connectivity index (χ2v) is 18.5. The maximum absolute atomic E-state index is 14.7. The topological polar surface area (TPSA) is 205 Å². The third-order valence-corrected chi connectivity index (χ3v) is 13.6. The number of Topliss-reactive ketones (excluding diaryl/α,β-unsaturated/α-hetero) is 2. The van der Waals surface area contributed by atoms with Crippen LogP contribution in [0.3, 0.4) is 0 Å². The number of hydrogen-bond acceptors (Lipinski definition) is 14. The van der Waals surface area contributed by atoms with Crippen molar-refractivity contribution >= 4 is 45.6 Å². The summed E-state index contributed by atoms with van der Waals surface area (Å²) in [6.45, 7) is 21.1. The maximum atomic E-state index is 14.7. The number of methoxy groups -OCH3 is 1. The molecule has 1 fully saturated rings. The van der Waals surface area contributed by atoms with Gasteiger partial charge in [0.15, 0.2) is 5.75 Å². The zero-order chi connectivity index (χ0) is 48.7. The molecule has 66 heavy (non-hydrogen) atoms. The van der Waals surface area contributed by atoms with Gasteiger partial charge in [-0.25, -0.2) is 0 Å². The molecular weight excluding hydrogens is 847 g/mol. The molecule has 0 aromatic heterocycles. The van der Waals surface area contributed by atoms with Gasteiger partial charge in [-0.15, -0.1) is 0 Å². The van der Waals surface area contributed by atoms with Crippen LogP contribution in [0.1, 0.15) is 86.6 Å². The zero-order valence-electron chi connectivity index (χ0n) is 40.1. The molecule has 3 aromatic carbocycles. The van der Waals surface area contributed by atoms with Gasteiger partial charge in [0.05, 0.1) is 35.3 Å². The Kier molecular flexibility index (Phi) is 14.6. The van der Waals surface area contributed by atoms with Crippen molar-refractivity contribution in [1.82, 2.24) is 4.90 Å². The summed E-state index contributed by atoms with van der Waals surface area (Å²) in [5.41, 5.74) is 4.78. The number of aromatic hydroxyl groups is 3. The number of phenolic OH excluding ortho intramolecular Hbond substituents is 3. The van der Waals surface area contributed by atoms with Crippen LogP contribution in [0, 0.1) is 51.4 Å². The molecule has 4 heterocycles. The smallest absolute Gasteiger partial charge is 0.312 e. The van der Waals surface area contributed by atoms with E-state index in [1.54, 1.807) is 46.8 Å². The summed E-state index contributed by atoms with van der Waals surface area (Å²) in [6, 6.07) is 4.32. The lowest BCUT2D eigenvalue weighted by Gasteiger charge is -2.38. The predicted octanol–water partition coefficient (Wildman–Crippen LogP) is 7.21. The number of benzene rings is 3. The Balaban J connectivity index is 1.49. The van der Waals surface area contributed by atoms with Gasteiger partial charge in [0, 0.05) is 88.0 Å². The van der Waals surface area contributed by atoms with E-state index < -0.39 is 82.7 Å². The van der Waals surface area contributed by atoms with Crippen molar-refractivity contribution in [1.29, 1.82) is 0 Å². The SMILES string of the molecule is COC1/C=C/OC2(C)Oc3c(C)c(O)c4c(O)c(c(N5CCN(Cc6c(C)cc(C)cc6C)CC5)c(O)c4c3C2=O)NC(=O)/C(C)=C\C=C\C(C)C(O)C(C)C(=O)C(C)C(OC(C)=O)C1C. The van der Waals surface area contributed by atoms with Gasteiger partial charge in [0.25, 0.3) is 11.7 Å². The van der Waals surface area contributed by atoms with Crippen molar-refractivity contribution in [2.24, 2.45) is 23.7 Å². The summed E-state index contributed by atoms with van der Waals surface area (Å²) < 4.78 is 23.8. The number of ketones is 2. The van der Waals surface area contributed by atoms with E-state index in [0.717, 1.165) is 0 Å². The normalized spacial score (nSPS) is 28.7. The number of allylic oxidation sites excluding steroid dienone is 2. The molecule has 0 radical (unpaired) electrons. The molecular formula is C51H65N3O12. The summed E-state index contributed by atoms with van der Waals surface area (Å²) >= 11 is 0. The van der Waals surface area contributed by atoms with E-state index >= 15 is 0 Å². The van der Waals surface area contributed by atoms with E-state index in [1.807, 2.05) is 4.90 Å². The number of rotatable bonds is 5. The van der Waals surface area contributed by atoms with Crippen molar-refractivity contribution in [3.8, 4) is 23.0 Å². The summed E-state index contributed by atoms with van der Waals surface area (Å²) in [5.74, 6) is -9.01. The first-order valence-electron chi connectivity index (χ1n) is 22.5. The van der Waals surface area contributed by atoms with E-state index in [2.05, 4.69) is 43.1 Å². The second-order valence-electron chi connectivity index (χ2n) is 18.5. The summed E-state index contributed by atoms with van der Waals surface area (Å²) in [4.78, 5) is 59.2. The lowest BCUT2D eigenvalue weighted by molar-refractivity contribution is -0.158. The molecule has 3 aromatic rings. The predicted molar refractivity (Wildman–Crippen MR) is 251 cm³/mol. The number of hydrogen-bond donors (Lipinski definition) is 5. The summed E-state index contributed by atoms with van der Waals surface area (Å²) in [5, 5.41) is 50.2. The van der Waals surface area contributed by atoms with Crippen molar-refractivity contribution < 1.29 is 58.6 Å². The average Bonchev–Trinajstić information content (AvgIpc) is 3.53. The fraction of sp³-hybridized carbons (Fsp3) is 0.490. The second kappa shape index (κ2) is 19.5. The lowest BCUT2D eigenvalue weighted by atomic mass is 9.79. The maximum Gasteiger partial charge on any atom is 0.312 e. The number of nitrogens with zero attached hydrogens (tertiary/aromatic N) is 2. The molecule has 1 amide bonds. The number of ether oxygens (including phenoxy) is 4. The van der Waals surface area contributed by atoms with Crippen LogP contribution in [0.4, 0.5) is 11.4 Å². The molecule has 8 atom stereocenters. The number of aryl methyl sites for hydroxylation is 3. The van der Waals surface area contributed by atoms with E-state index in [9.17, 15) is 39.6 Å². The molecule has 15 heteroatoms. The van der Waals surface area contributed by atoms with Gasteiger partial charge in [-0.3, -0.25) is 24.1 Å². The fourth-order valence-corrected chi connectivity index (χ4v) is 9.64. The number of phenols is 3. The fourth-order valence-electron chi connectivity index (χ4n) is 9.64. The highest BCUT2D eigenvalue weighted by atomic mass is 16.7. The van der Waals surface area contributed by atoms with Crippen molar-refractivity contribution in [3.05, 3.63) is 81.7 Å². The molecule has 7 rings (SSSR count). The van der Waals surface area contributed by atoms with Gasteiger partial charge in [0.1, 0.15) is 40.5 Å². The van der Waals surface area contributed by atoms with Crippen LogP contribution in [0.2, 0.25) is 0 Å². The minimum atomic E-state index is -2.05. The van der Waals surface area contributed by atoms with Crippen LogP contribution in [0.15, 0.2) is 48.3 Å². The summed E-state index contributed by atoms with van der Waals surface area (Å²) in [6.07, 6.45) is 4.46. The van der Waals surface area contributed by atoms with Crippen molar-refractivity contribution in [2.75, 3.05) is 43.5 Å². The molecule has 4 aliphatic rings. The molecule has 1 saturated heterocycles. The van der Waals surface area contributed by atoms with Gasteiger partial charge in [-0.1, -0.05) is 63.6 Å². The number of esters is 1. The quantitative estimate of drug-likeness (QED) is 0.0976. The molecule has 5 bridgehead atoms. The molecule has 0 spiro atoms. The molecule has 0 saturated carbocycles. The minimum absolute atomic E-state index is 0.0463.